The third kappa shape index (κ3) is 4.66. The molecule has 1 nitrogen and oxygen atoms in total. The molecule has 3 heteroatoms. The van der Waals surface area contributed by atoms with E-state index >= 15 is 0 Å². The van der Waals surface area contributed by atoms with Gasteiger partial charge >= 0.3 is 0 Å². The van der Waals surface area contributed by atoms with Crippen LogP contribution in [0.3, 0.4) is 0 Å². The number of thiophene rings is 2. The van der Waals surface area contributed by atoms with Gasteiger partial charge in [0.15, 0.2) is 0 Å². The lowest BCUT2D eigenvalue weighted by Crippen LogP contribution is -1.82. The highest BCUT2D eigenvalue weighted by molar-refractivity contribution is 7.24. The molecule has 0 bridgehead atoms. The fraction of sp³-hybridized carbons (Fsp3) is 0.500. The molecule has 2 aromatic rings. The fourth-order valence-electron chi connectivity index (χ4n) is 2.21. The van der Waals surface area contributed by atoms with Crippen molar-refractivity contribution in [3.63, 3.8) is 0 Å². The zero-order chi connectivity index (χ0) is 13.5. The molecule has 2 rings (SSSR count). The van der Waals surface area contributed by atoms with Crippen molar-refractivity contribution >= 4 is 27.7 Å². The van der Waals surface area contributed by atoms with Gasteiger partial charge in [0.05, 0.1) is 5.00 Å². The molecule has 2 N–H and O–H groups in total. The lowest BCUT2D eigenvalue weighted by Gasteiger charge is -1.99. The van der Waals surface area contributed by atoms with Crippen molar-refractivity contribution in [1.82, 2.24) is 0 Å². The summed E-state index contributed by atoms with van der Waals surface area (Å²) >= 11 is 3.60. The molecule has 2 heterocycles. The van der Waals surface area contributed by atoms with Gasteiger partial charge in [0.1, 0.15) is 0 Å². The van der Waals surface area contributed by atoms with Crippen LogP contribution < -0.4 is 5.73 Å². The first kappa shape index (κ1) is 14.6. The molecule has 0 aliphatic carbocycles. The summed E-state index contributed by atoms with van der Waals surface area (Å²) in [6.45, 7) is 2.27. The second-order valence-corrected chi connectivity index (χ2v) is 7.27. The Morgan fingerprint density at radius 2 is 1.53 bits per heavy atom. The Morgan fingerprint density at radius 3 is 2.26 bits per heavy atom. The number of anilines is 1. The van der Waals surface area contributed by atoms with Crippen LogP contribution in [0.1, 0.15) is 50.3 Å². The SMILES string of the molecule is CCCCCCCCc1ccc(-c2ccc(N)s2)s1. The second-order valence-electron chi connectivity index (χ2n) is 4.99. The summed E-state index contributed by atoms with van der Waals surface area (Å²) in [5.74, 6) is 0. The maximum Gasteiger partial charge on any atom is 0.0863 e. The molecule has 0 atom stereocenters. The molecule has 0 aromatic carbocycles. The number of hydrogen-bond acceptors (Lipinski definition) is 3. The summed E-state index contributed by atoms with van der Waals surface area (Å²) in [7, 11) is 0. The Labute approximate surface area is 124 Å². The van der Waals surface area contributed by atoms with E-state index in [-0.39, 0.29) is 0 Å². The minimum Gasteiger partial charge on any atom is -0.391 e. The van der Waals surface area contributed by atoms with Gasteiger partial charge in [-0.15, -0.1) is 22.7 Å². The van der Waals surface area contributed by atoms with Crippen molar-refractivity contribution < 1.29 is 0 Å². The van der Waals surface area contributed by atoms with Gasteiger partial charge in [0.25, 0.3) is 0 Å². The molecule has 19 heavy (non-hydrogen) atoms. The molecule has 0 fully saturated rings. The van der Waals surface area contributed by atoms with Crippen LogP contribution in [0, 0.1) is 0 Å². The standard InChI is InChI=1S/C16H23NS2/c1-2-3-4-5-6-7-8-13-9-10-14(18-13)15-11-12-16(17)19-15/h9-12H,2-8,17H2,1H3. The van der Waals surface area contributed by atoms with Crippen molar-refractivity contribution in [2.45, 2.75) is 51.9 Å². The van der Waals surface area contributed by atoms with Gasteiger partial charge in [-0.1, -0.05) is 39.0 Å². The first-order valence-corrected chi connectivity index (χ1v) is 8.87. The zero-order valence-electron chi connectivity index (χ0n) is 11.7. The van der Waals surface area contributed by atoms with Gasteiger partial charge in [-0.3, -0.25) is 0 Å². The van der Waals surface area contributed by atoms with E-state index < -0.39 is 0 Å². The first-order chi connectivity index (χ1) is 9.29. The minimum absolute atomic E-state index is 0.904. The van der Waals surface area contributed by atoms with E-state index in [0.717, 1.165) is 5.00 Å². The van der Waals surface area contributed by atoms with E-state index in [2.05, 4.69) is 25.1 Å². The van der Waals surface area contributed by atoms with Crippen molar-refractivity contribution in [2.24, 2.45) is 0 Å². The number of nitrogens with two attached hydrogens (primary N) is 1. The maximum absolute atomic E-state index is 5.78. The van der Waals surface area contributed by atoms with Crippen molar-refractivity contribution in [1.29, 1.82) is 0 Å². The normalized spacial score (nSPS) is 11.0. The van der Waals surface area contributed by atoms with Crippen LogP contribution in [0.2, 0.25) is 0 Å². The molecule has 2 aromatic heterocycles. The smallest absolute Gasteiger partial charge is 0.0863 e. The van der Waals surface area contributed by atoms with Crippen LogP contribution in [0.25, 0.3) is 9.75 Å². The molecular weight excluding hydrogens is 270 g/mol. The topological polar surface area (TPSA) is 26.0 Å². The average Bonchev–Trinajstić information content (AvgIpc) is 3.02. The molecule has 104 valence electrons. The molecule has 0 spiro atoms. The van der Waals surface area contributed by atoms with E-state index in [1.807, 2.05) is 17.4 Å². The van der Waals surface area contributed by atoms with Gasteiger partial charge < -0.3 is 5.73 Å². The predicted molar refractivity (Wildman–Crippen MR) is 89.1 cm³/mol. The van der Waals surface area contributed by atoms with E-state index in [1.54, 1.807) is 11.3 Å². The van der Waals surface area contributed by atoms with Crippen molar-refractivity contribution in [3.8, 4) is 9.75 Å². The number of aryl methyl sites for hydroxylation is 1. The van der Waals surface area contributed by atoms with Crippen LogP contribution in [0.4, 0.5) is 5.00 Å². The molecule has 0 radical (unpaired) electrons. The maximum atomic E-state index is 5.78. The van der Waals surface area contributed by atoms with Crippen molar-refractivity contribution in [3.05, 3.63) is 29.1 Å². The summed E-state index contributed by atoms with van der Waals surface area (Å²) in [6, 6.07) is 8.64. The monoisotopic (exact) mass is 293 g/mol. The quantitative estimate of drug-likeness (QED) is 0.597. The Bertz CT molecular complexity index is 484. The summed E-state index contributed by atoms with van der Waals surface area (Å²) in [5, 5.41) is 0.904. The minimum atomic E-state index is 0.904. The zero-order valence-corrected chi connectivity index (χ0v) is 13.3. The van der Waals surface area contributed by atoms with Crippen molar-refractivity contribution in [2.75, 3.05) is 5.73 Å². The lowest BCUT2D eigenvalue weighted by molar-refractivity contribution is 0.609. The summed E-state index contributed by atoms with van der Waals surface area (Å²) in [6.07, 6.45) is 9.46. The van der Waals surface area contributed by atoms with Crippen LogP contribution >= 0.6 is 22.7 Å². The van der Waals surface area contributed by atoms with E-state index in [9.17, 15) is 0 Å². The number of unbranched alkanes of at least 4 members (excludes halogenated alkanes) is 5. The molecule has 0 aliphatic rings. The highest BCUT2D eigenvalue weighted by Gasteiger charge is 2.05. The van der Waals surface area contributed by atoms with E-state index in [1.165, 1.54) is 59.6 Å². The molecule has 0 amide bonds. The van der Waals surface area contributed by atoms with Gasteiger partial charge in [-0.2, -0.15) is 0 Å². The average molecular weight is 294 g/mol. The lowest BCUT2D eigenvalue weighted by atomic mass is 10.1. The highest BCUT2D eigenvalue weighted by atomic mass is 32.1. The third-order valence-corrected chi connectivity index (χ3v) is 5.56. The first-order valence-electron chi connectivity index (χ1n) is 7.24. The van der Waals surface area contributed by atoms with Gasteiger partial charge in [0.2, 0.25) is 0 Å². The van der Waals surface area contributed by atoms with E-state index in [0.29, 0.717) is 0 Å². The van der Waals surface area contributed by atoms with Gasteiger partial charge in [0, 0.05) is 14.6 Å². The Kier molecular flexibility index (Phi) is 5.93. The highest BCUT2D eigenvalue weighted by Crippen LogP contribution is 2.35. The second kappa shape index (κ2) is 7.71. The van der Waals surface area contributed by atoms with E-state index in [4.69, 9.17) is 5.73 Å². The van der Waals surface area contributed by atoms with Crippen LogP contribution in [-0.4, -0.2) is 0 Å². The fourth-order valence-corrected chi connectivity index (χ4v) is 4.12. The molecule has 0 unspecified atom stereocenters. The summed E-state index contributed by atoms with van der Waals surface area (Å²) in [5.41, 5.74) is 5.78. The van der Waals surface area contributed by atoms with Crippen LogP contribution in [0.15, 0.2) is 24.3 Å². The Hall–Kier alpha value is -0.800. The Morgan fingerprint density at radius 1 is 0.842 bits per heavy atom. The molecular formula is C16H23NS2. The number of rotatable bonds is 8. The van der Waals surface area contributed by atoms with Crippen LogP contribution in [0.5, 0.6) is 0 Å². The van der Waals surface area contributed by atoms with Gasteiger partial charge in [-0.05, 0) is 37.1 Å². The molecule has 0 saturated heterocycles. The summed E-state index contributed by atoms with van der Waals surface area (Å²) < 4.78 is 0. The third-order valence-electron chi connectivity index (χ3n) is 3.31. The molecule has 0 saturated carbocycles. The predicted octanol–water partition coefficient (Wildman–Crippen LogP) is 5.96. The summed E-state index contributed by atoms with van der Waals surface area (Å²) in [4.78, 5) is 4.18. The largest absolute Gasteiger partial charge is 0.391 e. The van der Waals surface area contributed by atoms with Crippen LogP contribution in [-0.2, 0) is 6.42 Å². The molecule has 0 aliphatic heterocycles. The Balaban J connectivity index is 1.75. The number of hydrogen-bond donors (Lipinski definition) is 1. The number of nitrogen functional groups attached to an aromatic ring is 1. The van der Waals surface area contributed by atoms with Gasteiger partial charge in [-0.25, -0.2) is 0 Å².